The van der Waals surface area contributed by atoms with Crippen LogP contribution in [-0.2, 0) is 16.8 Å². The summed E-state index contributed by atoms with van der Waals surface area (Å²) >= 11 is 0. The van der Waals surface area contributed by atoms with Crippen molar-refractivity contribution in [3.8, 4) is 11.5 Å². The maximum absolute atomic E-state index is 14.8. The molecular weight excluding hydrogens is 311 g/mol. The van der Waals surface area contributed by atoms with Gasteiger partial charge in [0.25, 0.3) is 0 Å². The average molecular weight is 332 g/mol. The van der Waals surface area contributed by atoms with E-state index >= 15 is 0 Å². The van der Waals surface area contributed by atoms with Crippen LogP contribution >= 0.6 is 0 Å². The summed E-state index contributed by atoms with van der Waals surface area (Å²) in [7, 11) is 1.46. The van der Waals surface area contributed by atoms with Crippen LogP contribution in [0.1, 0.15) is 24.1 Å². The highest BCUT2D eigenvalue weighted by molar-refractivity contribution is 5.36. The molecule has 5 nitrogen and oxygen atoms in total. The summed E-state index contributed by atoms with van der Waals surface area (Å²) in [4.78, 5) is 4.18. The van der Waals surface area contributed by atoms with Crippen LogP contribution in [0, 0.1) is 5.82 Å². The van der Waals surface area contributed by atoms with Crippen LogP contribution in [0.15, 0.2) is 36.5 Å². The van der Waals surface area contributed by atoms with Gasteiger partial charge in [0.1, 0.15) is 5.75 Å². The molecule has 1 aliphatic heterocycles. The largest absolute Gasteiger partial charge is 0.506 e. The Morgan fingerprint density at radius 2 is 2.08 bits per heavy atom. The van der Waals surface area contributed by atoms with Gasteiger partial charge in [-0.1, -0.05) is 12.1 Å². The minimum absolute atomic E-state index is 0.123. The third kappa shape index (κ3) is 3.20. The lowest BCUT2D eigenvalue weighted by atomic mass is 9.82. The molecule has 1 aromatic carbocycles. The summed E-state index contributed by atoms with van der Waals surface area (Å²) < 4.78 is 25.4. The van der Waals surface area contributed by atoms with Crippen LogP contribution in [0.25, 0.3) is 0 Å². The highest BCUT2D eigenvalue weighted by Gasteiger charge is 2.37. The van der Waals surface area contributed by atoms with E-state index in [0.29, 0.717) is 43.9 Å². The van der Waals surface area contributed by atoms with E-state index < -0.39 is 5.54 Å². The summed E-state index contributed by atoms with van der Waals surface area (Å²) in [6.45, 7) is 1.42. The predicted octanol–water partition coefficient (Wildman–Crippen LogP) is 2.73. The third-order valence-corrected chi connectivity index (χ3v) is 4.51. The van der Waals surface area contributed by atoms with Crippen molar-refractivity contribution in [2.24, 2.45) is 0 Å². The van der Waals surface area contributed by atoms with Crippen molar-refractivity contribution in [1.29, 1.82) is 0 Å². The summed E-state index contributed by atoms with van der Waals surface area (Å²) in [6.07, 6.45) is 2.88. The van der Waals surface area contributed by atoms with Gasteiger partial charge in [0.15, 0.2) is 11.6 Å². The van der Waals surface area contributed by atoms with Gasteiger partial charge in [-0.05, 0) is 31.0 Å². The molecule has 0 amide bonds. The van der Waals surface area contributed by atoms with Gasteiger partial charge in [-0.3, -0.25) is 4.98 Å². The molecule has 0 spiro atoms. The van der Waals surface area contributed by atoms with Crippen molar-refractivity contribution in [2.75, 3.05) is 20.3 Å². The lowest BCUT2D eigenvalue weighted by Gasteiger charge is -2.39. The molecule has 6 heteroatoms. The summed E-state index contributed by atoms with van der Waals surface area (Å²) in [5.41, 5.74) is 0.508. The van der Waals surface area contributed by atoms with E-state index in [9.17, 15) is 9.50 Å². The van der Waals surface area contributed by atoms with Crippen molar-refractivity contribution in [2.45, 2.75) is 24.9 Å². The van der Waals surface area contributed by atoms with Crippen LogP contribution in [0.2, 0.25) is 0 Å². The number of ether oxygens (including phenoxy) is 2. The van der Waals surface area contributed by atoms with Crippen molar-refractivity contribution >= 4 is 0 Å². The fraction of sp³-hybridized carbons (Fsp3) is 0.389. The summed E-state index contributed by atoms with van der Waals surface area (Å²) in [6, 6.07) is 8.43. The number of hydrogen-bond acceptors (Lipinski definition) is 5. The molecule has 3 rings (SSSR count). The maximum atomic E-state index is 14.8. The van der Waals surface area contributed by atoms with Gasteiger partial charge in [-0.15, -0.1) is 0 Å². The fourth-order valence-electron chi connectivity index (χ4n) is 3.12. The lowest BCUT2D eigenvalue weighted by molar-refractivity contribution is 0.0340. The molecule has 2 heterocycles. The smallest absolute Gasteiger partial charge is 0.170 e. The Hall–Kier alpha value is -2.18. The number of pyridine rings is 1. The number of aromatic hydroxyl groups is 1. The molecule has 2 aromatic rings. The van der Waals surface area contributed by atoms with Gasteiger partial charge in [0.05, 0.1) is 18.3 Å². The quantitative estimate of drug-likeness (QED) is 0.881. The van der Waals surface area contributed by atoms with E-state index in [2.05, 4.69) is 10.3 Å². The van der Waals surface area contributed by atoms with Crippen LogP contribution in [0.3, 0.4) is 0 Å². The molecule has 0 aliphatic carbocycles. The molecule has 0 bridgehead atoms. The Morgan fingerprint density at radius 3 is 2.79 bits per heavy atom. The maximum Gasteiger partial charge on any atom is 0.170 e. The molecule has 2 N–H and O–H groups in total. The first-order valence-electron chi connectivity index (χ1n) is 7.95. The van der Waals surface area contributed by atoms with E-state index in [1.54, 1.807) is 36.5 Å². The number of rotatable bonds is 5. The van der Waals surface area contributed by atoms with Gasteiger partial charge in [-0.25, -0.2) is 4.39 Å². The van der Waals surface area contributed by atoms with Crippen molar-refractivity contribution in [3.05, 3.63) is 53.6 Å². The van der Waals surface area contributed by atoms with E-state index in [0.717, 1.165) is 0 Å². The van der Waals surface area contributed by atoms with Crippen molar-refractivity contribution < 1.29 is 19.0 Å². The lowest BCUT2D eigenvalue weighted by Crippen LogP contribution is -2.47. The van der Waals surface area contributed by atoms with Gasteiger partial charge in [-0.2, -0.15) is 0 Å². The monoisotopic (exact) mass is 332 g/mol. The number of halogens is 1. The Kier molecular flexibility index (Phi) is 4.97. The van der Waals surface area contributed by atoms with Gasteiger partial charge < -0.3 is 19.9 Å². The zero-order chi connectivity index (χ0) is 17.0. The highest BCUT2D eigenvalue weighted by Crippen LogP contribution is 2.37. The average Bonchev–Trinajstić information content (AvgIpc) is 2.62. The van der Waals surface area contributed by atoms with E-state index in [-0.39, 0.29) is 17.3 Å². The minimum Gasteiger partial charge on any atom is -0.506 e. The predicted molar refractivity (Wildman–Crippen MR) is 87.4 cm³/mol. The van der Waals surface area contributed by atoms with Gasteiger partial charge in [0.2, 0.25) is 0 Å². The molecule has 0 radical (unpaired) electrons. The molecule has 0 unspecified atom stereocenters. The number of aromatic nitrogens is 1. The Morgan fingerprint density at radius 1 is 1.29 bits per heavy atom. The normalized spacial score (nSPS) is 16.8. The standard InChI is InChI=1S/C18H21FN2O3/c1-23-16-6-2-4-13(17(16)19)18(7-10-24-11-8-18)21-12-14-15(22)5-3-9-20-14/h2-6,9,21-22H,7-8,10-12H2,1H3. The topological polar surface area (TPSA) is 63.6 Å². The molecule has 1 aliphatic rings. The van der Waals surface area contributed by atoms with Gasteiger partial charge >= 0.3 is 0 Å². The molecule has 24 heavy (non-hydrogen) atoms. The SMILES string of the molecule is COc1cccc(C2(NCc3ncccc3O)CCOCC2)c1F. The molecule has 1 fully saturated rings. The van der Waals surface area contributed by atoms with E-state index in [4.69, 9.17) is 9.47 Å². The highest BCUT2D eigenvalue weighted by atomic mass is 19.1. The Bertz CT molecular complexity index is 702. The van der Waals surface area contributed by atoms with Crippen LogP contribution in [-0.4, -0.2) is 30.4 Å². The fourth-order valence-corrected chi connectivity index (χ4v) is 3.12. The Balaban J connectivity index is 1.92. The molecule has 1 aromatic heterocycles. The number of nitrogens with one attached hydrogen (secondary N) is 1. The minimum atomic E-state index is -0.583. The Labute approximate surface area is 140 Å². The molecular formula is C18H21FN2O3. The first-order chi connectivity index (χ1) is 11.7. The second-order valence-corrected chi connectivity index (χ2v) is 5.84. The molecule has 1 saturated heterocycles. The van der Waals surface area contributed by atoms with Crippen molar-refractivity contribution in [3.63, 3.8) is 0 Å². The van der Waals surface area contributed by atoms with Crippen LogP contribution in [0.5, 0.6) is 11.5 Å². The number of nitrogens with zero attached hydrogens (tertiary/aromatic N) is 1. The van der Waals surface area contributed by atoms with E-state index in [1.807, 2.05) is 0 Å². The van der Waals surface area contributed by atoms with E-state index in [1.165, 1.54) is 7.11 Å². The third-order valence-electron chi connectivity index (χ3n) is 4.51. The first-order valence-corrected chi connectivity index (χ1v) is 7.95. The first kappa shape index (κ1) is 16.7. The second-order valence-electron chi connectivity index (χ2n) is 5.84. The second kappa shape index (κ2) is 7.15. The van der Waals surface area contributed by atoms with Gasteiger partial charge in [0, 0.05) is 31.5 Å². The molecule has 0 saturated carbocycles. The summed E-state index contributed by atoms with van der Waals surface area (Å²) in [5.74, 6) is -0.0150. The zero-order valence-corrected chi connectivity index (χ0v) is 13.6. The molecule has 128 valence electrons. The number of benzene rings is 1. The number of methoxy groups -OCH3 is 1. The molecule has 0 atom stereocenters. The van der Waals surface area contributed by atoms with Crippen LogP contribution in [0.4, 0.5) is 4.39 Å². The number of hydrogen-bond donors (Lipinski definition) is 2. The summed E-state index contributed by atoms with van der Waals surface area (Å²) in [5, 5.41) is 13.3. The van der Waals surface area contributed by atoms with Crippen LogP contribution < -0.4 is 10.1 Å². The van der Waals surface area contributed by atoms with Crippen molar-refractivity contribution in [1.82, 2.24) is 10.3 Å². The zero-order valence-electron chi connectivity index (χ0n) is 13.6.